The molecule has 3 heterocycles. The second kappa shape index (κ2) is 10.4. The number of aromatic nitrogens is 4. The van der Waals surface area contributed by atoms with Gasteiger partial charge in [-0.25, -0.2) is 9.97 Å². The number of H-pyrrole nitrogens is 2. The third kappa shape index (κ3) is 5.51. The molecule has 1 fully saturated rings. The van der Waals surface area contributed by atoms with Crippen LogP contribution in [0.5, 0.6) is 0 Å². The number of hydrogen-bond donors (Lipinski definition) is 4. The van der Waals surface area contributed by atoms with Crippen LogP contribution in [0.15, 0.2) is 83.7 Å². The van der Waals surface area contributed by atoms with E-state index in [0.717, 1.165) is 43.1 Å². The number of carbonyl (C=O) groups is 1. The van der Waals surface area contributed by atoms with Gasteiger partial charge in [-0.2, -0.15) is 0 Å². The van der Waals surface area contributed by atoms with Gasteiger partial charge in [0.2, 0.25) is 11.9 Å². The summed E-state index contributed by atoms with van der Waals surface area (Å²) in [7, 11) is 2.13. The van der Waals surface area contributed by atoms with E-state index >= 15 is 0 Å². The molecule has 0 aliphatic carbocycles. The van der Waals surface area contributed by atoms with E-state index in [1.165, 1.54) is 6.07 Å². The fourth-order valence-electron chi connectivity index (χ4n) is 4.62. The third-order valence-corrected chi connectivity index (χ3v) is 6.79. The molecule has 1 aliphatic heterocycles. The molecule has 0 atom stereocenters. The molecule has 4 N–H and O–H groups in total. The lowest BCUT2D eigenvalue weighted by atomic mass is 10.1. The largest absolute Gasteiger partial charge is 0.369 e. The number of benzene rings is 3. The number of nitrogens with one attached hydrogen (secondary N) is 4. The van der Waals surface area contributed by atoms with Crippen molar-refractivity contribution >= 4 is 40.2 Å². The Kier molecular flexibility index (Phi) is 6.52. The Morgan fingerprint density at radius 2 is 1.62 bits per heavy atom. The van der Waals surface area contributed by atoms with Gasteiger partial charge in [0.05, 0.1) is 16.7 Å². The first-order chi connectivity index (χ1) is 19.0. The first-order valence-corrected chi connectivity index (χ1v) is 12.8. The van der Waals surface area contributed by atoms with Gasteiger partial charge in [-0.1, -0.05) is 24.3 Å². The smallest absolute Gasteiger partial charge is 0.257 e. The summed E-state index contributed by atoms with van der Waals surface area (Å²) in [5.74, 6) is 0.452. The average molecular weight is 521 g/mol. The predicted octanol–water partition coefficient (Wildman–Crippen LogP) is 4.06. The van der Waals surface area contributed by atoms with Crippen molar-refractivity contribution in [3.63, 3.8) is 0 Å². The number of fused-ring (bicyclic) bond motifs is 1. The summed E-state index contributed by atoms with van der Waals surface area (Å²) in [4.78, 5) is 44.8. The number of imidazole rings is 1. The Morgan fingerprint density at radius 1 is 0.846 bits per heavy atom. The zero-order chi connectivity index (χ0) is 26.8. The number of carbonyl (C=O) groups excluding carboxylic acids is 1. The van der Waals surface area contributed by atoms with Gasteiger partial charge in [0, 0.05) is 54.7 Å². The minimum atomic E-state index is -0.269. The summed E-state index contributed by atoms with van der Waals surface area (Å²) in [6.07, 6.45) is 0. The van der Waals surface area contributed by atoms with E-state index in [9.17, 15) is 9.59 Å². The maximum atomic E-state index is 12.9. The number of aromatic amines is 2. The van der Waals surface area contributed by atoms with Crippen molar-refractivity contribution in [3.8, 4) is 11.3 Å². The van der Waals surface area contributed by atoms with Crippen LogP contribution in [0.4, 0.5) is 23.3 Å². The maximum absolute atomic E-state index is 12.9. The molecule has 0 saturated carbocycles. The van der Waals surface area contributed by atoms with E-state index < -0.39 is 0 Å². The Bertz CT molecular complexity index is 1670. The highest BCUT2D eigenvalue weighted by Crippen LogP contribution is 2.24. The van der Waals surface area contributed by atoms with Crippen LogP contribution in [-0.4, -0.2) is 64.0 Å². The lowest BCUT2D eigenvalue weighted by Gasteiger charge is -2.34. The van der Waals surface area contributed by atoms with Crippen LogP contribution in [0.2, 0.25) is 0 Å². The molecule has 0 unspecified atom stereocenters. The minimum Gasteiger partial charge on any atom is -0.369 e. The Morgan fingerprint density at radius 3 is 2.38 bits per heavy atom. The van der Waals surface area contributed by atoms with Crippen LogP contribution in [0.25, 0.3) is 22.3 Å². The molecule has 1 aliphatic rings. The van der Waals surface area contributed by atoms with Gasteiger partial charge >= 0.3 is 0 Å². The minimum absolute atomic E-state index is 0.243. The lowest BCUT2D eigenvalue weighted by Crippen LogP contribution is -2.44. The Labute approximate surface area is 224 Å². The van der Waals surface area contributed by atoms with E-state index in [1.807, 2.05) is 72.8 Å². The van der Waals surface area contributed by atoms with Gasteiger partial charge in [0.1, 0.15) is 0 Å². The van der Waals surface area contributed by atoms with Crippen molar-refractivity contribution < 1.29 is 4.79 Å². The zero-order valence-electron chi connectivity index (χ0n) is 21.4. The van der Waals surface area contributed by atoms with Crippen molar-refractivity contribution in [2.45, 2.75) is 0 Å². The zero-order valence-corrected chi connectivity index (χ0v) is 21.4. The van der Waals surface area contributed by atoms with E-state index in [2.05, 4.69) is 47.4 Å². The molecule has 1 saturated heterocycles. The normalized spacial score (nSPS) is 13.9. The molecule has 5 aromatic rings. The van der Waals surface area contributed by atoms with Crippen LogP contribution in [0.3, 0.4) is 0 Å². The summed E-state index contributed by atoms with van der Waals surface area (Å²) < 4.78 is 0. The van der Waals surface area contributed by atoms with Gasteiger partial charge in [0.25, 0.3) is 11.5 Å². The summed E-state index contributed by atoms with van der Waals surface area (Å²) in [6, 6.07) is 24.1. The van der Waals surface area contributed by atoms with Crippen LogP contribution < -0.4 is 21.1 Å². The SMILES string of the molecule is CN1CCN(c2ccc(C(=O)Nc3nc4ccc(-c5cc(=O)[nH]c(Nc6ccccc6)n5)cc4[nH]3)cc2)CC1. The topological polar surface area (TPSA) is 122 Å². The highest BCUT2D eigenvalue weighted by Gasteiger charge is 2.16. The predicted molar refractivity (Wildman–Crippen MR) is 154 cm³/mol. The number of piperazine rings is 1. The molecule has 0 radical (unpaired) electrons. The van der Waals surface area contributed by atoms with Crippen molar-refractivity contribution in [2.75, 3.05) is 48.8 Å². The van der Waals surface area contributed by atoms with Gasteiger partial charge < -0.3 is 20.1 Å². The first-order valence-electron chi connectivity index (χ1n) is 12.8. The van der Waals surface area contributed by atoms with E-state index in [0.29, 0.717) is 34.2 Å². The van der Waals surface area contributed by atoms with Gasteiger partial charge in [-0.15, -0.1) is 0 Å². The van der Waals surface area contributed by atoms with Crippen molar-refractivity contribution in [1.82, 2.24) is 24.8 Å². The molecule has 10 heteroatoms. The first kappa shape index (κ1) is 24.4. The lowest BCUT2D eigenvalue weighted by molar-refractivity contribution is 0.102. The molecule has 0 spiro atoms. The quantitative estimate of drug-likeness (QED) is 0.266. The number of nitrogens with zero attached hydrogens (tertiary/aromatic N) is 4. The molecule has 196 valence electrons. The molecule has 39 heavy (non-hydrogen) atoms. The molecule has 2 aromatic heterocycles. The van der Waals surface area contributed by atoms with Crippen molar-refractivity contribution in [1.29, 1.82) is 0 Å². The van der Waals surface area contributed by atoms with Crippen LogP contribution in [0.1, 0.15) is 10.4 Å². The van der Waals surface area contributed by atoms with Crippen molar-refractivity contribution in [2.24, 2.45) is 0 Å². The number of anilines is 4. The third-order valence-electron chi connectivity index (χ3n) is 6.79. The Hall–Kier alpha value is -4.96. The summed E-state index contributed by atoms with van der Waals surface area (Å²) in [5, 5.41) is 5.97. The van der Waals surface area contributed by atoms with Gasteiger partial charge in [0.15, 0.2) is 0 Å². The molecule has 1 amide bonds. The average Bonchev–Trinajstić information content (AvgIpc) is 3.35. The van der Waals surface area contributed by atoms with E-state index in [-0.39, 0.29) is 11.5 Å². The van der Waals surface area contributed by atoms with E-state index in [1.54, 1.807) is 0 Å². The van der Waals surface area contributed by atoms with Crippen LogP contribution >= 0.6 is 0 Å². The number of para-hydroxylation sites is 1. The fourth-order valence-corrected chi connectivity index (χ4v) is 4.62. The van der Waals surface area contributed by atoms with Gasteiger partial charge in [-0.3, -0.25) is 19.9 Å². The molecule has 6 rings (SSSR count). The molecular formula is C29H28N8O2. The summed E-state index contributed by atoms with van der Waals surface area (Å²) >= 11 is 0. The second-order valence-corrected chi connectivity index (χ2v) is 9.58. The van der Waals surface area contributed by atoms with E-state index in [4.69, 9.17) is 0 Å². The molecule has 10 nitrogen and oxygen atoms in total. The standard InChI is InChI=1S/C29H28N8O2/c1-36-13-15-37(16-14-36)22-10-7-19(8-11-22)27(39)35-29-31-23-12-9-20(17-25(23)33-29)24-18-26(38)34-28(32-24)30-21-5-3-2-4-6-21/h2-12,17-18H,13-16H2,1H3,(H2,30,32,34,38)(H2,31,33,35,39). The maximum Gasteiger partial charge on any atom is 0.257 e. The number of amides is 1. The molecule has 3 aromatic carbocycles. The highest BCUT2D eigenvalue weighted by molar-refractivity contribution is 6.04. The second-order valence-electron chi connectivity index (χ2n) is 9.58. The van der Waals surface area contributed by atoms with Gasteiger partial charge in [-0.05, 0) is 55.6 Å². The number of rotatable bonds is 6. The van der Waals surface area contributed by atoms with Crippen LogP contribution in [0, 0.1) is 0 Å². The Balaban J connectivity index is 1.17. The highest BCUT2D eigenvalue weighted by atomic mass is 16.1. The summed E-state index contributed by atoms with van der Waals surface area (Å²) in [5.41, 5.74) is 4.88. The number of hydrogen-bond acceptors (Lipinski definition) is 7. The fraction of sp³-hybridized carbons (Fsp3) is 0.172. The molecule has 0 bridgehead atoms. The van der Waals surface area contributed by atoms with Crippen molar-refractivity contribution in [3.05, 3.63) is 94.8 Å². The monoisotopic (exact) mass is 520 g/mol. The number of likely N-dealkylation sites (N-methyl/N-ethyl adjacent to an activating group) is 1. The van der Waals surface area contributed by atoms with Crippen LogP contribution in [-0.2, 0) is 0 Å². The summed E-state index contributed by atoms with van der Waals surface area (Å²) in [6.45, 7) is 4.00. The molecular weight excluding hydrogens is 492 g/mol.